The normalized spacial score (nSPS) is 11.1. The van der Waals surface area contributed by atoms with Crippen LogP contribution < -0.4 is 5.63 Å². The molecule has 8 heteroatoms. The predicted molar refractivity (Wildman–Crippen MR) is 117 cm³/mol. The first-order chi connectivity index (χ1) is 14.7. The van der Waals surface area contributed by atoms with Gasteiger partial charge < -0.3 is 9.15 Å². The second kappa shape index (κ2) is 8.00. The average Bonchev–Trinajstić information content (AvgIpc) is 3.05. The molecule has 1 aromatic carbocycles. The molecule has 7 nitrogen and oxygen atoms in total. The van der Waals surface area contributed by atoms with Gasteiger partial charge >= 0.3 is 11.6 Å². The number of aromatic nitrogens is 3. The minimum absolute atomic E-state index is 0.0222. The Labute approximate surface area is 183 Å². The van der Waals surface area contributed by atoms with Crippen LogP contribution in [0.15, 0.2) is 45.6 Å². The summed E-state index contributed by atoms with van der Waals surface area (Å²) in [5.41, 5.74) is 4.21. The molecule has 3 heterocycles. The van der Waals surface area contributed by atoms with Crippen LogP contribution in [0.25, 0.3) is 16.8 Å². The second-order valence-electron chi connectivity index (χ2n) is 7.44. The molecule has 0 aliphatic rings. The molecule has 0 spiro atoms. The van der Waals surface area contributed by atoms with Gasteiger partial charge in [-0.05, 0) is 69.2 Å². The number of carbonyl (C=O) groups excluding carboxylic acids is 1. The molecule has 31 heavy (non-hydrogen) atoms. The van der Waals surface area contributed by atoms with Gasteiger partial charge in [0.2, 0.25) is 0 Å². The molecule has 0 aliphatic carbocycles. The molecule has 0 amide bonds. The lowest BCUT2D eigenvalue weighted by Crippen LogP contribution is -2.12. The van der Waals surface area contributed by atoms with E-state index in [-0.39, 0.29) is 17.3 Å². The third-order valence-corrected chi connectivity index (χ3v) is 5.36. The van der Waals surface area contributed by atoms with E-state index in [0.29, 0.717) is 22.4 Å². The molecule has 0 N–H and O–H groups in total. The summed E-state index contributed by atoms with van der Waals surface area (Å²) in [5, 5.41) is 5.26. The molecule has 0 saturated carbocycles. The molecule has 0 atom stereocenters. The Bertz CT molecular complexity index is 1390. The van der Waals surface area contributed by atoms with Gasteiger partial charge in [0.1, 0.15) is 12.2 Å². The van der Waals surface area contributed by atoms with Crippen LogP contribution >= 0.6 is 11.6 Å². The highest BCUT2D eigenvalue weighted by molar-refractivity contribution is 6.33. The maximum absolute atomic E-state index is 12.8. The standard InChI is InChI=1S/C23H20ClN3O4/c1-12-7-17-16(10-21(28)31-19(17)8-13(12)2)11-30-23(29)22-18(24)5-6-20(25-22)27-15(4)9-14(3)26-27/h5-10H,11H2,1-4H3. The number of hydrogen-bond donors (Lipinski definition) is 0. The summed E-state index contributed by atoms with van der Waals surface area (Å²) in [6.45, 7) is 7.54. The maximum Gasteiger partial charge on any atom is 0.358 e. The van der Waals surface area contributed by atoms with Crippen molar-refractivity contribution in [3.05, 3.63) is 85.6 Å². The Morgan fingerprint density at radius 2 is 1.84 bits per heavy atom. The van der Waals surface area contributed by atoms with Crippen LogP contribution in [-0.4, -0.2) is 20.7 Å². The predicted octanol–water partition coefficient (Wildman–Crippen LogP) is 4.62. The Morgan fingerprint density at radius 3 is 2.55 bits per heavy atom. The van der Waals surface area contributed by atoms with Gasteiger partial charge in [0, 0.05) is 22.7 Å². The van der Waals surface area contributed by atoms with E-state index in [0.717, 1.165) is 22.5 Å². The molecular weight excluding hydrogens is 418 g/mol. The third kappa shape index (κ3) is 4.09. The minimum atomic E-state index is -0.696. The molecule has 0 fully saturated rings. The highest BCUT2D eigenvalue weighted by Gasteiger charge is 2.18. The van der Waals surface area contributed by atoms with Gasteiger partial charge in [-0.3, -0.25) is 0 Å². The van der Waals surface area contributed by atoms with E-state index in [1.165, 1.54) is 6.07 Å². The van der Waals surface area contributed by atoms with Crippen molar-refractivity contribution in [2.45, 2.75) is 34.3 Å². The number of esters is 1. The van der Waals surface area contributed by atoms with Crippen LogP contribution in [-0.2, 0) is 11.3 Å². The third-order valence-electron chi connectivity index (χ3n) is 5.05. The Morgan fingerprint density at radius 1 is 1.10 bits per heavy atom. The molecular formula is C23H20ClN3O4. The zero-order valence-electron chi connectivity index (χ0n) is 17.5. The summed E-state index contributed by atoms with van der Waals surface area (Å²) in [4.78, 5) is 29.1. The monoisotopic (exact) mass is 437 g/mol. The first-order valence-corrected chi connectivity index (χ1v) is 10.0. The average molecular weight is 438 g/mol. The van der Waals surface area contributed by atoms with Crippen LogP contribution in [0.4, 0.5) is 0 Å². The fraction of sp³-hybridized carbons (Fsp3) is 0.217. The largest absolute Gasteiger partial charge is 0.456 e. The summed E-state index contributed by atoms with van der Waals surface area (Å²) in [5.74, 6) is -0.238. The molecule has 4 rings (SSSR count). The van der Waals surface area contributed by atoms with Crippen molar-refractivity contribution < 1.29 is 13.9 Å². The van der Waals surface area contributed by atoms with Crippen LogP contribution in [0.2, 0.25) is 5.02 Å². The van der Waals surface area contributed by atoms with Gasteiger partial charge in [-0.1, -0.05) is 11.6 Å². The molecule has 158 valence electrons. The van der Waals surface area contributed by atoms with E-state index in [1.54, 1.807) is 22.9 Å². The van der Waals surface area contributed by atoms with Gasteiger partial charge in [0.15, 0.2) is 11.5 Å². The molecule has 0 bridgehead atoms. The van der Waals surface area contributed by atoms with Crippen molar-refractivity contribution in [3.63, 3.8) is 0 Å². The first-order valence-electron chi connectivity index (χ1n) is 9.64. The van der Waals surface area contributed by atoms with Crippen LogP contribution in [0.5, 0.6) is 0 Å². The zero-order valence-corrected chi connectivity index (χ0v) is 18.3. The van der Waals surface area contributed by atoms with E-state index in [1.807, 2.05) is 39.8 Å². The molecule has 0 unspecified atom stereocenters. The number of nitrogens with zero attached hydrogens (tertiary/aromatic N) is 3. The number of pyridine rings is 1. The van der Waals surface area contributed by atoms with Crippen LogP contribution in [0.3, 0.4) is 0 Å². The number of fused-ring (bicyclic) bond motifs is 1. The number of ether oxygens (including phenoxy) is 1. The van der Waals surface area contributed by atoms with Gasteiger partial charge in [-0.25, -0.2) is 19.3 Å². The van der Waals surface area contributed by atoms with Gasteiger partial charge in [0.05, 0.1) is 10.7 Å². The van der Waals surface area contributed by atoms with E-state index >= 15 is 0 Å². The van der Waals surface area contributed by atoms with Crippen LogP contribution in [0, 0.1) is 27.7 Å². The minimum Gasteiger partial charge on any atom is -0.456 e. The quantitative estimate of drug-likeness (QED) is 0.342. The molecule has 4 aromatic rings. The Kier molecular flexibility index (Phi) is 5.37. The van der Waals surface area contributed by atoms with E-state index in [9.17, 15) is 9.59 Å². The SMILES string of the molecule is Cc1cc(C)n(-c2ccc(Cl)c(C(=O)OCc3cc(=O)oc4cc(C)c(C)cc34)n2)n1. The zero-order chi connectivity index (χ0) is 22.3. The van der Waals surface area contributed by atoms with Crippen molar-refractivity contribution in [3.8, 4) is 5.82 Å². The number of aryl methyl sites for hydroxylation is 4. The van der Waals surface area contributed by atoms with Crippen molar-refractivity contribution in [1.29, 1.82) is 0 Å². The van der Waals surface area contributed by atoms with Crippen molar-refractivity contribution in [1.82, 2.24) is 14.8 Å². The lowest BCUT2D eigenvalue weighted by molar-refractivity contribution is 0.0467. The van der Waals surface area contributed by atoms with Gasteiger partial charge in [-0.2, -0.15) is 5.10 Å². The van der Waals surface area contributed by atoms with Crippen molar-refractivity contribution in [2.24, 2.45) is 0 Å². The summed E-state index contributed by atoms with van der Waals surface area (Å²) < 4.78 is 12.4. The number of carbonyl (C=O) groups is 1. The lowest BCUT2D eigenvalue weighted by atomic mass is 10.0. The molecule has 0 aliphatic heterocycles. The fourth-order valence-corrected chi connectivity index (χ4v) is 3.55. The molecule has 3 aromatic heterocycles. The Balaban J connectivity index is 1.64. The van der Waals surface area contributed by atoms with Crippen molar-refractivity contribution in [2.75, 3.05) is 0 Å². The van der Waals surface area contributed by atoms with Crippen LogP contribution in [0.1, 0.15) is 38.6 Å². The number of hydrogen-bond acceptors (Lipinski definition) is 6. The molecule has 0 radical (unpaired) electrons. The summed E-state index contributed by atoms with van der Waals surface area (Å²) in [7, 11) is 0. The number of halogens is 1. The van der Waals surface area contributed by atoms with Gasteiger partial charge in [0.25, 0.3) is 0 Å². The lowest BCUT2D eigenvalue weighted by Gasteiger charge is -2.10. The van der Waals surface area contributed by atoms with Crippen molar-refractivity contribution >= 4 is 28.5 Å². The summed E-state index contributed by atoms with van der Waals surface area (Å²) in [6, 6.07) is 10.2. The topological polar surface area (TPSA) is 87.2 Å². The van der Waals surface area contributed by atoms with E-state index in [4.69, 9.17) is 20.8 Å². The van der Waals surface area contributed by atoms with E-state index in [2.05, 4.69) is 10.1 Å². The number of rotatable bonds is 4. The maximum atomic E-state index is 12.8. The summed E-state index contributed by atoms with van der Waals surface area (Å²) in [6.07, 6.45) is 0. The molecule has 0 saturated heterocycles. The second-order valence-corrected chi connectivity index (χ2v) is 7.85. The van der Waals surface area contributed by atoms with Gasteiger partial charge in [-0.15, -0.1) is 0 Å². The van der Waals surface area contributed by atoms with E-state index < -0.39 is 11.6 Å². The highest BCUT2D eigenvalue weighted by atomic mass is 35.5. The Hall–Kier alpha value is -3.45. The highest BCUT2D eigenvalue weighted by Crippen LogP contribution is 2.23. The summed E-state index contributed by atoms with van der Waals surface area (Å²) >= 11 is 6.21. The number of benzene rings is 1. The first kappa shape index (κ1) is 20.8. The smallest absolute Gasteiger partial charge is 0.358 e. The fourth-order valence-electron chi connectivity index (χ4n) is 3.37.